The van der Waals surface area contributed by atoms with E-state index in [1.807, 2.05) is 4.90 Å². The molecular weight excluding hydrogens is 272 g/mol. The summed E-state index contributed by atoms with van der Waals surface area (Å²) < 4.78 is 0. The molecule has 20 heavy (non-hydrogen) atoms. The highest BCUT2D eigenvalue weighted by Gasteiger charge is 2.36. The minimum atomic E-state index is 0.0359. The first-order valence-corrected chi connectivity index (χ1v) is 7.97. The zero-order valence-corrected chi connectivity index (χ0v) is 12.5. The molecule has 3 nitrogen and oxygen atoms in total. The molecule has 2 heterocycles. The maximum Gasteiger partial charge on any atom is 0.256 e. The Bertz CT molecular complexity index is 487. The van der Waals surface area contributed by atoms with Gasteiger partial charge < -0.3 is 4.90 Å². The van der Waals surface area contributed by atoms with E-state index >= 15 is 0 Å². The van der Waals surface area contributed by atoms with E-state index in [-0.39, 0.29) is 5.91 Å². The Balaban J connectivity index is 1.66. The van der Waals surface area contributed by atoms with Gasteiger partial charge in [-0.2, -0.15) is 0 Å². The highest BCUT2D eigenvalue weighted by Crippen LogP contribution is 2.44. The van der Waals surface area contributed by atoms with E-state index in [0.717, 1.165) is 25.9 Å². The van der Waals surface area contributed by atoms with Crippen molar-refractivity contribution < 1.29 is 4.79 Å². The fourth-order valence-electron chi connectivity index (χ4n) is 3.69. The van der Waals surface area contributed by atoms with Crippen molar-refractivity contribution in [1.29, 1.82) is 0 Å². The largest absolute Gasteiger partial charge is 0.339 e. The lowest BCUT2D eigenvalue weighted by molar-refractivity contribution is 0.0472. The molecule has 2 aliphatic rings. The number of halogens is 1. The molecule has 1 aromatic heterocycles. The summed E-state index contributed by atoms with van der Waals surface area (Å²) in [5.41, 5.74) is 1.06. The van der Waals surface area contributed by atoms with Crippen LogP contribution >= 0.6 is 11.6 Å². The number of aromatic nitrogens is 1. The van der Waals surface area contributed by atoms with Gasteiger partial charge in [0, 0.05) is 25.5 Å². The molecule has 1 aromatic rings. The van der Waals surface area contributed by atoms with E-state index in [1.165, 1.54) is 32.1 Å². The number of hydrogen-bond donors (Lipinski definition) is 0. The van der Waals surface area contributed by atoms with Gasteiger partial charge in [-0.25, -0.2) is 0 Å². The van der Waals surface area contributed by atoms with E-state index in [1.54, 1.807) is 18.5 Å². The molecule has 3 rings (SSSR count). The average molecular weight is 293 g/mol. The molecule has 0 radical (unpaired) electrons. The minimum Gasteiger partial charge on any atom is -0.339 e. The predicted octanol–water partition coefficient (Wildman–Crippen LogP) is 3.92. The van der Waals surface area contributed by atoms with Crippen molar-refractivity contribution in [3.8, 4) is 0 Å². The van der Waals surface area contributed by atoms with E-state index in [2.05, 4.69) is 4.98 Å². The van der Waals surface area contributed by atoms with Crippen molar-refractivity contribution >= 4 is 17.5 Å². The number of piperidine rings is 1. The quantitative estimate of drug-likeness (QED) is 0.786. The van der Waals surface area contributed by atoms with Crippen LogP contribution in [0.3, 0.4) is 0 Å². The molecule has 1 aliphatic carbocycles. The van der Waals surface area contributed by atoms with Crippen LogP contribution in [0.5, 0.6) is 0 Å². The monoisotopic (exact) mass is 292 g/mol. The molecule has 4 heteroatoms. The highest BCUT2D eigenvalue weighted by atomic mass is 35.5. The summed E-state index contributed by atoms with van der Waals surface area (Å²) in [6, 6.07) is 1.68. The summed E-state index contributed by atoms with van der Waals surface area (Å²) in [7, 11) is 0. The van der Waals surface area contributed by atoms with Gasteiger partial charge in [0.15, 0.2) is 0 Å². The molecule has 0 N–H and O–H groups in total. The summed E-state index contributed by atoms with van der Waals surface area (Å²) in [5, 5.41) is 0.503. The molecule has 108 valence electrons. The average Bonchev–Trinajstić information content (AvgIpc) is 2.49. The van der Waals surface area contributed by atoms with Crippen molar-refractivity contribution in [2.24, 2.45) is 5.41 Å². The third-order valence-corrected chi connectivity index (χ3v) is 5.35. The summed E-state index contributed by atoms with van der Waals surface area (Å²) in [5.74, 6) is 0.0359. The second-order valence-corrected chi connectivity index (χ2v) is 6.62. The molecule has 2 fully saturated rings. The number of amides is 1. The minimum absolute atomic E-state index is 0.0359. The molecule has 1 aliphatic heterocycles. The fraction of sp³-hybridized carbons (Fsp3) is 0.625. The first-order valence-electron chi connectivity index (χ1n) is 7.59. The van der Waals surface area contributed by atoms with Crippen LogP contribution < -0.4 is 0 Å². The van der Waals surface area contributed by atoms with E-state index in [4.69, 9.17) is 11.6 Å². The van der Waals surface area contributed by atoms with Gasteiger partial charge in [0.1, 0.15) is 0 Å². The smallest absolute Gasteiger partial charge is 0.256 e. The number of carbonyl (C=O) groups is 1. The van der Waals surface area contributed by atoms with Crippen molar-refractivity contribution in [2.75, 3.05) is 13.1 Å². The number of hydrogen-bond acceptors (Lipinski definition) is 2. The van der Waals surface area contributed by atoms with E-state index in [0.29, 0.717) is 16.0 Å². The van der Waals surface area contributed by atoms with Gasteiger partial charge in [-0.3, -0.25) is 9.78 Å². The van der Waals surface area contributed by atoms with Crippen molar-refractivity contribution in [2.45, 2.75) is 44.9 Å². The molecule has 0 bridgehead atoms. The van der Waals surface area contributed by atoms with Crippen molar-refractivity contribution in [3.63, 3.8) is 0 Å². The fourth-order valence-corrected chi connectivity index (χ4v) is 3.88. The summed E-state index contributed by atoms with van der Waals surface area (Å²) in [6.07, 6.45) is 12.3. The maximum absolute atomic E-state index is 12.5. The SMILES string of the molecule is O=C(c1cnccc1Cl)N1CCC2(CCCCC2)CC1. The first kappa shape index (κ1) is 13.9. The lowest BCUT2D eigenvalue weighted by Gasteiger charge is -2.44. The van der Waals surface area contributed by atoms with Gasteiger partial charge in [0.25, 0.3) is 5.91 Å². The summed E-state index contributed by atoms with van der Waals surface area (Å²) in [4.78, 5) is 18.5. The van der Waals surface area contributed by atoms with Crippen LogP contribution in [0.25, 0.3) is 0 Å². The standard InChI is InChI=1S/C16H21ClN2O/c17-14-4-9-18-12-13(14)15(20)19-10-7-16(8-11-19)5-2-1-3-6-16/h4,9,12H,1-3,5-8,10-11H2. The van der Waals surface area contributed by atoms with Crippen LogP contribution in [0, 0.1) is 5.41 Å². The normalized spacial score (nSPS) is 21.9. The van der Waals surface area contributed by atoms with Crippen LogP contribution in [0.4, 0.5) is 0 Å². The third kappa shape index (κ3) is 2.69. The topological polar surface area (TPSA) is 33.2 Å². The Kier molecular flexibility index (Phi) is 3.97. The zero-order chi connectivity index (χ0) is 14.0. The molecule has 0 atom stereocenters. The number of carbonyl (C=O) groups excluding carboxylic acids is 1. The first-order chi connectivity index (χ1) is 9.70. The van der Waals surface area contributed by atoms with Crippen molar-refractivity contribution in [3.05, 3.63) is 29.0 Å². The Morgan fingerprint density at radius 1 is 1.15 bits per heavy atom. The molecule has 1 saturated carbocycles. The molecule has 1 amide bonds. The second kappa shape index (κ2) is 5.72. The van der Waals surface area contributed by atoms with Crippen LogP contribution in [0.15, 0.2) is 18.5 Å². The van der Waals surface area contributed by atoms with Crippen LogP contribution in [-0.4, -0.2) is 28.9 Å². The number of rotatable bonds is 1. The summed E-state index contributed by atoms with van der Waals surface area (Å²) in [6.45, 7) is 1.73. The molecule has 1 saturated heterocycles. The lowest BCUT2D eigenvalue weighted by Crippen LogP contribution is -2.44. The van der Waals surface area contributed by atoms with Crippen LogP contribution in [0.2, 0.25) is 5.02 Å². The van der Waals surface area contributed by atoms with Crippen LogP contribution in [0.1, 0.15) is 55.3 Å². The second-order valence-electron chi connectivity index (χ2n) is 6.21. The van der Waals surface area contributed by atoms with Crippen molar-refractivity contribution in [1.82, 2.24) is 9.88 Å². The molecular formula is C16H21ClN2O. The predicted molar refractivity (Wildman–Crippen MR) is 79.9 cm³/mol. The lowest BCUT2D eigenvalue weighted by atomic mass is 9.68. The highest BCUT2D eigenvalue weighted by molar-refractivity contribution is 6.33. The van der Waals surface area contributed by atoms with E-state index in [9.17, 15) is 4.79 Å². The molecule has 1 spiro atoms. The number of likely N-dealkylation sites (tertiary alicyclic amines) is 1. The van der Waals surface area contributed by atoms with Gasteiger partial charge >= 0.3 is 0 Å². The summed E-state index contributed by atoms with van der Waals surface area (Å²) >= 11 is 6.09. The van der Waals surface area contributed by atoms with Crippen LogP contribution in [-0.2, 0) is 0 Å². The Morgan fingerprint density at radius 2 is 1.85 bits per heavy atom. The molecule has 0 unspecified atom stereocenters. The Hall–Kier alpha value is -1.09. The molecule has 0 aromatic carbocycles. The number of nitrogens with zero attached hydrogens (tertiary/aromatic N) is 2. The van der Waals surface area contributed by atoms with Gasteiger partial charge in [-0.05, 0) is 37.2 Å². The maximum atomic E-state index is 12.5. The third-order valence-electron chi connectivity index (χ3n) is 5.02. The van der Waals surface area contributed by atoms with Gasteiger partial charge in [-0.1, -0.05) is 30.9 Å². The van der Waals surface area contributed by atoms with Gasteiger partial charge in [0.2, 0.25) is 0 Å². The van der Waals surface area contributed by atoms with Gasteiger partial charge in [0.05, 0.1) is 10.6 Å². The Labute approximate surface area is 125 Å². The zero-order valence-electron chi connectivity index (χ0n) is 11.8. The number of pyridine rings is 1. The Morgan fingerprint density at radius 3 is 2.50 bits per heavy atom. The van der Waals surface area contributed by atoms with Gasteiger partial charge in [-0.15, -0.1) is 0 Å². The van der Waals surface area contributed by atoms with E-state index < -0.39 is 0 Å².